The topological polar surface area (TPSA) is 0 Å². The fraction of sp³-hybridized carbons (Fsp3) is 1.00. The van der Waals surface area contributed by atoms with Gasteiger partial charge in [0.05, 0.1) is 0 Å². The zero-order valence-electron chi connectivity index (χ0n) is 7.84. The van der Waals surface area contributed by atoms with Gasteiger partial charge < -0.3 is 0 Å². The molecule has 0 aromatic heterocycles. The molecule has 11 heavy (non-hydrogen) atoms. The van der Waals surface area contributed by atoms with Gasteiger partial charge in [0.15, 0.2) is 0 Å². The molecule has 0 aromatic carbocycles. The van der Waals surface area contributed by atoms with Gasteiger partial charge in [-0.15, -0.1) is 0 Å². The quantitative estimate of drug-likeness (QED) is 0.529. The third kappa shape index (κ3) is 1.32. The Kier molecular flexibility index (Phi) is 1.95. The molecule has 2 fully saturated rings. The summed E-state index contributed by atoms with van der Waals surface area (Å²) in [6, 6.07) is 0. The third-order valence-electron chi connectivity index (χ3n) is 3.76. The highest BCUT2D eigenvalue weighted by Gasteiger charge is 2.69. The van der Waals surface area contributed by atoms with Gasteiger partial charge in [0.1, 0.15) is 0 Å². The lowest BCUT2D eigenvalue weighted by Gasteiger charge is -2.06. The molecule has 0 bridgehead atoms. The third-order valence-corrected chi connectivity index (χ3v) is 3.76. The van der Waals surface area contributed by atoms with Crippen LogP contribution in [0.25, 0.3) is 0 Å². The second-order valence-corrected chi connectivity index (χ2v) is 4.53. The molecule has 0 spiro atoms. The van der Waals surface area contributed by atoms with Crippen LogP contribution in [-0.4, -0.2) is 0 Å². The van der Waals surface area contributed by atoms with Crippen LogP contribution in [0.15, 0.2) is 0 Å². The summed E-state index contributed by atoms with van der Waals surface area (Å²) in [5.74, 6) is 4.74. The summed E-state index contributed by atoms with van der Waals surface area (Å²) in [7, 11) is 0. The fourth-order valence-corrected chi connectivity index (χ4v) is 2.78. The molecule has 2 saturated carbocycles. The van der Waals surface area contributed by atoms with Crippen LogP contribution in [-0.2, 0) is 0 Å². The maximum Gasteiger partial charge on any atom is -0.0321 e. The van der Waals surface area contributed by atoms with Crippen molar-refractivity contribution in [3.05, 3.63) is 0 Å². The van der Waals surface area contributed by atoms with Gasteiger partial charge in [0, 0.05) is 0 Å². The molecule has 2 aliphatic carbocycles. The van der Waals surface area contributed by atoms with Crippen LogP contribution in [0.2, 0.25) is 0 Å². The second-order valence-electron chi connectivity index (χ2n) is 4.53. The van der Waals surface area contributed by atoms with Crippen LogP contribution in [0.3, 0.4) is 0 Å². The molecule has 2 rings (SSSR count). The Bertz CT molecular complexity index is 129. The minimum absolute atomic E-state index is 1.13. The maximum atomic E-state index is 2.41. The van der Waals surface area contributed by atoms with Crippen molar-refractivity contribution in [2.24, 2.45) is 23.7 Å². The summed E-state index contributed by atoms with van der Waals surface area (Å²) < 4.78 is 0. The molecule has 64 valence electrons. The molecule has 0 aromatic rings. The van der Waals surface area contributed by atoms with E-state index in [1.54, 1.807) is 6.42 Å². The molecule has 2 atom stereocenters. The molecule has 2 aliphatic rings. The standard InChI is InChI=1S/C11H20/c1-3-4-5-6-7-9-10-8(2)11(9)10/h8-11H,3-7H2,1-2H3. The van der Waals surface area contributed by atoms with Gasteiger partial charge in [0.25, 0.3) is 0 Å². The largest absolute Gasteiger partial charge is 0.0654 e. The lowest BCUT2D eigenvalue weighted by Crippen LogP contribution is -1.96. The van der Waals surface area contributed by atoms with Crippen molar-refractivity contribution in [3.8, 4) is 0 Å². The van der Waals surface area contributed by atoms with Crippen molar-refractivity contribution >= 4 is 0 Å². The number of fused-ring (bicyclic) bond motifs is 1. The molecule has 0 aliphatic heterocycles. The summed E-state index contributed by atoms with van der Waals surface area (Å²) in [5.41, 5.74) is 0. The fourth-order valence-electron chi connectivity index (χ4n) is 2.78. The minimum Gasteiger partial charge on any atom is -0.0654 e. The SMILES string of the molecule is CCCCCCC1C2C(C)C12. The van der Waals surface area contributed by atoms with E-state index in [-0.39, 0.29) is 0 Å². The molecular formula is C11H20. The van der Waals surface area contributed by atoms with Crippen LogP contribution in [0, 0.1) is 23.7 Å². The van der Waals surface area contributed by atoms with E-state index in [9.17, 15) is 0 Å². The molecule has 2 unspecified atom stereocenters. The first kappa shape index (κ1) is 7.64. The lowest BCUT2D eigenvalue weighted by atomic mass is 10.00. The predicted octanol–water partition coefficient (Wildman–Crippen LogP) is 3.47. The molecule has 0 amide bonds. The van der Waals surface area contributed by atoms with Gasteiger partial charge in [-0.1, -0.05) is 39.5 Å². The molecule has 0 N–H and O–H groups in total. The molecule has 0 heterocycles. The van der Waals surface area contributed by atoms with Gasteiger partial charge in [0.2, 0.25) is 0 Å². The van der Waals surface area contributed by atoms with Crippen LogP contribution in [0.4, 0.5) is 0 Å². The summed E-state index contributed by atoms with van der Waals surface area (Å²) in [4.78, 5) is 0. The van der Waals surface area contributed by atoms with Gasteiger partial charge >= 0.3 is 0 Å². The molecular weight excluding hydrogens is 132 g/mol. The Morgan fingerprint density at radius 1 is 1.00 bits per heavy atom. The van der Waals surface area contributed by atoms with E-state index in [0.29, 0.717) is 0 Å². The van der Waals surface area contributed by atoms with E-state index in [4.69, 9.17) is 0 Å². The molecule has 0 saturated heterocycles. The summed E-state index contributed by atoms with van der Waals surface area (Å²) in [6.45, 7) is 4.70. The Balaban J connectivity index is 1.45. The highest BCUT2D eigenvalue weighted by atomic mass is 14.7. The first-order valence-electron chi connectivity index (χ1n) is 5.36. The van der Waals surface area contributed by atoms with E-state index in [1.807, 2.05) is 0 Å². The van der Waals surface area contributed by atoms with Crippen molar-refractivity contribution < 1.29 is 0 Å². The van der Waals surface area contributed by atoms with Crippen LogP contribution < -0.4 is 0 Å². The van der Waals surface area contributed by atoms with E-state index in [2.05, 4.69) is 13.8 Å². The average Bonchev–Trinajstić information content (AvgIpc) is 2.86. The summed E-state index contributed by atoms with van der Waals surface area (Å²) in [5, 5.41) is 0. The van der Waals surface area contributed by atoms with E-state index >= 15 is 0 Å². The zero-order chi connectivity index (χ0) is 7.84. The predicted molar refractivity (Wildman–Crippen MR) is 48.4 cm³/mol. The van der Waals surface area contributed by atoms with Crippen molar-refractivity contribution in [3.63, 3.8) is 0 Å². The first-order chi connectivity index (χ1) is 5.36. The van der Waals surface area contributed by atoms with Crippen LogP contribution >= 0.6 is 0 Å². The van der Waals surface area contributed by atoms with Gasteiger partial charge in [-0.25, -0.2) is 0 Å². The molecule has 0 heteroatoms. The van der Waals surface area contributed by atoms with E-state index in [0.717, 1.165) is 5.92 Å². The Hall–Kier alpha value is 0. The van der Waals surface area contributed by atoms with Gasteiger partial charge in [-0.2, -0.15) is 0 Å². The number of unbranched alkanes of at least 4 members (excludes halogenated alkanes) is 3. The highest BCUT2D eigenvalue weighted by Crippen LogP contribution is 2.74. The molecule has 0 radical (unpaired) electrons. The normalized spacial score (nSPS) is 45.3. The zero-order valence-corrected chi connectivity index (χ0v) is 7.84. The van der Waals surface area contributed by atoms with Crippen molar-refractivity contribution in [1.82, 2.24) is 0 Å². The maximum absolute atomic E-state index is 2.41. The summed E-state index contributed by atoms with van der Waals surface area (Å²) >= 11 is 0. The minimum atomic E-state index is 1.13. The monoisotopic (exact) mass is 152 g/mol. The summed E-state index contributed by atoms with van der Waals surface area (Å²) in [6.07, 6.45) is 7.39. The Morgan fingerprint density at radius 2 is 1.73 bits per heavy atom. The lowest BCUT2D eigenvalue weighted by molar-refractivity contribution is 0.449. The van der Waals surface area contributed by atoms with Crippen molar-refractivity contribution in [1.29, 1.82) is 0 Å². The van der Waals surface area contributed by atoms with E-state index < -0.39 is 0 Å². The first-order valence-corrected chi connectivity index (χ1v) is 5.36. The highest BCUT2D eigenvalue weighted by molar-refractivity contribution is 5.16. The van der Waals surface area contributed by atoms with Crippen molar-refractivity contribution in [2.45, 2.75) is 46.0 Å². The van der Waals surface area contributed by atoms with Crippen LogP contribution in [0.1, 0.15) is 46.0 Å². The number of rotatable bonds is 5. The smallest absolute Gasteiger partial charge is 0.0321 e. The molecule has 0 nitrogen and oxygen atoms in total. The van der Waals surface area contributed by atoms with Gasteiger partial charge in [-0.3, -0.25) is 0 Å². The number of hydrogen-bond acceptors (Lipinski definition) is 0. The Morgan fingerprint density at radius 3 is 2.27 bits per heavy atom. The second kappa shape index (κ2) is 2.80. The van der Waals surface area contributed by atoms with Gasteiger partial charge in [-0.05, 0) is 30.1 Å². The van der Waals surface area contributed by atoms with Crippen LogP contribution in [0.5, 0.6) is 0 Å². The van der Waals surface area contributed by atoms with E-state index in [1.165, 1.54) is 43.4 Å². The number of hydrogen-bond donors (Lipinski definition) is 0. The average molecular weight is 152 g/mol. The van der Waals surface area contributed by atoms with Crippen molar-refractivity contribution in [2.75, 3.05) is 0 Å². The Labute approximate surface area is 70.4 Å².